The molecule has 0 unspecified atom stereocenters. The van der Waals surface area contributed by atoms with Gasteiger partial charge in [-0.15, -0.1) is 0 Å². The highest BCUT2D eigenvalue weighted by molar-refractivity contribution is 9.11. The van der Waals surface area contributed by atoms with E-state index in [2.05, 4.69) is 37.2 Å². The van der Waals surface area contributed by atoms with E-state index in [-0.39, 0.29) is 13.2 Å². The molecule has 0 aromatic heterocycles. The SMILES string of the molecule is CCOC(=O)CN(C(=O)Nc1ccccc1)c1cc(Br)c(Oc2ccc(OC)c(-c3ccccc3)c2)c(Br)c1. The molecule has 0 bridgehead atoms. The van der Waals surface area contributed by atoms with E-state index in [0.717, 1.165) is 16.9 Å². The fourth-order valence-electron chi connectivity index (χ4n) is 3.84. The van der Waals surface area contributed by atoms with Gasteiger partial charge in [0.25, 0.3) is 0 Å². The van der Waals surface area contributed by atoms with Crippen molar-refractivity contribution in [2.45, 2.75) is 6.92 Å². The number of urea groups is 1. The van der Waals surface area contributed by atoms with E-state index >= 15 is 0 Å². The monoisotopic (exact) mass is 652 g/mol. The molecule has 0 atom stereocenters. The minimum absolute atomic E-state index is 0.208. The van der Waals surface area contributed by atoms with Gasteiger partial charge in [0.05, 0.1) is 22.7 Å². The molecule has 4 aromatic carbocycles. The van der Waals surface area contributed by atoms with Crippen molar-refractivity contribution in [3.05, 3.63) is 99.9 Å². The molecular weight excluding hydrogens is 628 g/mol. The van der Waals surface area contributed by atoms with Crippen molar-refractivity contribution >= 4 is 55.2 Å². The lowest BCUT2D eigenvalue weighted by Crippen LogP contribution is -2.39. The van der Waals surface area contributed by atoms with Gasteiger partial charge in [-0.3, -0.25) is 9.69 Å². The zero-order valence-corrected chi connectivity index (χ0v) is 24.5. The molecule has 2 amide bonds. The van der Waals surface area contributed by atoms with Crippen LogP contribution in [-0.4, -0.2) is 32.3 Å². The predicted molar refractivity (Wildman–Crippen MR) is 160 cm³/mol. The summed E-state index contributed by atoms with van der Waals surface area (Å²) in [6.07, 6.45) is 0. The number of nitrogens with one attached hydrogen (secondary N) is 1. The van der Waals surface area contributed by atoms with Crippen molar-refractivity contribution in [1.82, 2.24) is 0 Å². The molecule has 4 rings (SSSR count). The summed E-state index contributed by atoms with van der Waals surface area (Å²) in [6, 6.07) is 27.4. The molecule has 0 radical (unpaired) electrons. The number of methoxy groups -OCH3 is 1. The van der Waals surface area contributed by atoms with E-state index in [4.69, 9.17) is 14.2 Å². The molecule has 0 heterocycles. The van der Waals surface area contributed by atoms with Crippen molar-refractivity contribution in [3.8, 4) is 28.4 Å². The molecule has 0 saturated carbocycles. The Kier molecular flexibility index (Phi) is 9.62. The minimum Gasteiger partial charge on any atom is -0.496 e. The first kappa shape index (κ1) is 28.2. The number of para-hydroxylation sites is 1. The van der Waals surface area contributed by atoms with Crippen molar-refractivity contribution in [3.63, 3.8) is 0 Å². The van der Waals surface area contributed by atoms with E-state index in [0.29, 0.717) is 31.8 Å². The van der Waals surface area contributed by atoms with E-state index in [9.17, 15) is 9.59 Å². The Balaban J connectivity index is 1.64. The van der Waals surface area contributed by atoms with Crippen LogP contribution in [0.25, 0.3) is 11.1 Å². The molecule has 9 heteroatoms. The summed E-state index contributed by atoms with van der Waals surface area (Å²) in [6.45, 7) is 1.65. The number of hydrogen-bond donors (Lipinski definition) is 1. The van der Waals surface area contributed by atoms with Gasteiger partial charge in [-0.25, -0.2) is 4.79 Å². The van der Waals surface area contributed by atoms with Gasteiger partial charge < -0.3 is 19.5 Å². The Hall–Kier alpha value is -3.82. The number of amides is 2. The number of esters is 1. The average Bonchev–Trinajstić information content (AvgIpc) is 2.94. The summed E-state index contributed by atoms with van der Waals surface area (Å²) < 4.78 is 18.1. The number of rotatable bonds is 9. The number of ether oxygens (including phenoxy) is 3. The number of anilines is 2. The number of halogens is 2. The second kappa shape index (κ2) is 13.3. The molecule has 7 nitrogen and oxygen atoms in total. The van der Waals surface area contributed by atoms with Crippen LogP contribution in [0.1, 0.15) is 6.92 Å². The summed E-state index contributed by atoms with van der Waals surface area (Å²) in [4.78, 5) is 26.9. The molecule has 1 N–H and O–H groups in total. The van der Waals surface area contributed by atoms with Crippen molar-refractivity contribution < 1.29 is 23.8 Å². The fraction of sp³-hybridized carbons (Fsp3) is 0.133. The number of hydrogen-bond acceptors (Lipinski definition) is 5. The molecule has 0 aliphatic heterocycles. The summed E-state index contributed by atoms with van der Waals surface area (Å²) >= 11 is 7.15. The highest BCUT2D eigenvalue weighted by Crippen LogP contribution is 2.42. The molecule has 39 heavy (non-hydrogen) atoms. The molecule has 0 fully saturated rings. The van der Waals surface area contributed by atoms with Gasteiger partial charge in [0, 0.05) is 16.9 Å². The molecule has 0 spiro atoms. The topological polar surface area (TPSA) is 77.1 Å². The van der Waals surface area contributed by atoms with Crippen LogP contribution >= 0.6 is 31.9 Å². The lowest BCUT2D eigenvalue weighted by atomic mass is 10.0. The molecule has 0 aliphatic rings. The number of nitrogens with zero attached hydrogens (tertiary/aromatic N) is 1. The normalized spacial score (nSPS) is 10.5. The van der Waals surface area contributed by atoms with Crippen molar-refractivity contribution in [2.75, 3.05) is 30.5 Å². The third-order valence-corrected chi connectivity index (χ3v) is 6.81. The van der Waals surface area contributed by atoms with Gasteiger partial charge >= 0.3 is 12.0 Å². The maximum Gasteiger partial charge on any atom is 0.326 e. The van der Waals surface area contributed by atoms with Gasteiger partial charge in [0.15, 0.2) is 5.75 Å². The molecule has 4 aromatic rings. The minimum atomic E-state index is -0.528. The first-order valence-electron chi connectivity index (χ1n) is 12.1. The van der Waals surface area contributed by atoms with Gasteiger partial charge in [0.1, 0.15) is 18.0 Å². The van der Waals surface area contributed by atoms with Gasteiger partial charge in [0.2, 0.25) is 0 Å². The largest absolute Gasteiger partial charge is 0.496 e. The van der Waals surface area contributed by atoms with Gasteiger partial charge in [-0.1, -0.05) is 48.5 Å². The molecule has 0 saturated heterocycles. The lowest BCUT2D eigenvalue weighted by molar-refractivity contribution is -0.141. The smallest absolute Gasteiger partial charge is 0.326 e. The Morgan fingerprint density at radius 1 is 0.872 bits per heavy atom. The van der Waals surface area contributed by atoms with E-state index in [1.54, 1.807) is 38.3 Å². The first-order valence-corrected chi connectivity index (χ1v) is 13.7. The summed E-state index contributed by atoms with van der Waals surface area (Å²) in [5.41, 5.74) is 2.94. The van der Waals surface area contributed by atoms with Gasteiger partial charge in [-0.05, 0) is 86.8 Å². The van der Waals surface area contributed by atoms with Crippen molar-refractivity contribution in [1.29, 1.82) is 0 Å². The van der Waals surface area contributed by atoms with E-state index < -0.39 is 12.0 Å². The fourth-order valence-corrected chi connectivity index (χ4v) is 5.16. The Bertz CT molecular complexity index is 1430. The molecule has 200 valence electrons. The third-order valence-electron chi connectivity index (χ3n) is 5.63. The average molecular weight is 654 g/mol. The quantitative estimate of drug-likeness (QED) is 0.184. The number of benzene rings is 4. The highest BCUT2D eigenvalue weighted by atomic mass is 79.9. The van der Waals surface area contributed by atoms with Crippen LogP contribution in [0.2, 0.25) is 0 Å². The zero-order chi connectivity index (χ0) is 27.8. The van der Waals surface area contributed by atoms with E-state index in [1.807, 2.05) is 66.7 Å². The maximum absolute atomic E-state index is 13.2. The lowest BCUT2D eigenvalue weighted by Gasteiger charge is -2.24. The summed E-state index contributed by atoms with van der Waals surface area (Å²) in [5.74, 6) is 1.29. The van der Waals surface area contributed by atoms with Crippen LogP contribution < -0.4 is 19.7 Å². The van der Waals surface area contributed by atoms with Crippen LogP contribution in [0.3, 0.4) is 0 Å². The highest BCUT2D eigenvalue weighted by Gasteiger charge is 2.23. The standard InChI is InChI=1S/C30H26Br2N2O5/c1-3-38-28(35)19-34(30(36)33-21-12-8-5-9-13-21)22-16-25(31)29(26(32)17-22)39-23-14-15-27(37-2)24(18-23)20-10-6-4-7-11-20/h4-18H,3,19H2,1-2H3,(H,33,36). The summed E-state index contributed by atoms with van der Waals surface area (Å²) in [7, 11) is 1.63. The second-order valence-corrected chi connectivity index (χ2v) is 9.96. The van der Waals surface area contributed by atoms with Crippen molar-refractivity contribution in [2.24, 2.45) is 0 Å². The van der Waals surface area contributed by atoms with Crippen LogP contribution in [0.4, 0.5) is 16.2 Å². The Morgan fingerprint density at radius 2 is 1.51 bits per heavy atom. The van der Waals surface area contributed by atoms with Crippen LogP contribution in [0, 0.1) is 0 Å². The van der Waals surface area contributed by atoms with Gasteiger partial charge in [-0.2, -0.15) is 0 Å². The Labute approximate surface area is 244 Å². The van der Waals surface area contributed by atoms with Crippen LogP contribution in [0.15, 0.2) is 99.9 Å². The molecular formula is C30H26Br2N2O5. The maximum atomic E-state index is 13.2. The van der Waals surface area contributed by atoms with Crippen LogP contribution in [0.5, 0.6) is 17.2 Å². The molecule has 0 aliphatic carbocycles. The van der Waals surface area contributed by atoms with E-state index in [1.165, 1.54) is 4.90 Å². The van der Waals surface area contributed by atoms with Crippen LogP contribution in [-0.2, 0) is 9.53 Å². The second-order valence-electron chi connectivity index (χ2n) is 8.26. The summed E-state index contributed by atoms with van der Waals surface area (Å²) in [5, 5.41) is 2.82. The third kappa shape index (κ3) is 7.19. The number of carbonyl (C=O) groups is 2. The first-order chi connectivity index (χ1) is 18.9. The predicted octanol–water partition coefficient (Wildman–Crippen LogP) is 8.28. The zero-order valence-electron chi connectivity index (χ0n) is 21.3. The number of carbonyl (C=O) groups excluding carboxylic acids is 2. The Morgan fingerprint density at radius 3 is 2.13 bits per heavy atom.